The van der Waals surface area contributed by atoms with Crippen LogP contribution in [-0.2, 0) is 4.79 Å². The first kappa shape index (κ1) is 11.9. The molecule has 1 unspecified atom stereocenters. The zero-order chi connectivity index (χ0) is 12.4. The number of aliphatic hydroxyl groups is 1. The molecule has 1 amide bonds. The smallest absolute Gasteiger partial charge is 0.227 e. The second kappa shape index (κ2) is 4.75. The molecule has 17 heavy (non-hydrogen) atoms. The maximum atomic E-state index is 11.9. The molecular formula is C13H17NO3. The monoisotopic (exact) mass is 235 g/mol. The van der Waals surface area contributed by atoms with Gasteiger partial charge in [0, 0.05) is 31.6 Å². The van der Waals surface area contributed by atoms with E-state index < -0.39 is 0 Å². The van der Waals surface area contributed by atoms with Crippen LogP contribution in [0.25, 0.3) is 0 Å². The van der Waals surface area contributed by atoms with E-state index in [9.17, 15) is 4.79 Å². The fourth-order valence-corrected chi connectivity index (χ4v) is 2.14. The molecule has 4 nitrogen and oxygen atoms in total. The molecule has 0 aromatic heterocycles. The maximum Gasteiger partial charge on any atom is 0.227 e. The number of hydrogen-bond donors (Lipinski definition) is 1. The summed E-state index contributed by atoms with van der Waals surface area (Å²) in [5.41, 5.74) is 1.92. The average Bonchev–Trinajstić information content (AvgIpc) is 2.71. The molecule has 0 spiro atoms. The zero-order valence-electron chi connectivity index (χ0n) is 10.1. The number of carbonyl (C=O) groups is 1. The molecule has 1 aliphatic heterocycles. The van der Waals surface area contributed by atoms with Crippen molar-refractivity contribution in [2.75, 3.05) is 25.2 Å². The topological polar surface area (TPSA) is 49.8 Å². The predicted octanol–water partition coefficient (Wildman–Crippen LogP) is 1.35. The summed E-state index contributed by atoms with van der Waals surface area (Å²) in [4.78, 5) is 13.6. The number of aliphatic hydroxyl groups excluding tert-OH is 1. The number of nitrogens with zero attached hydrogens (tertiary/aromatic N) is 1. The van der Waals surface area contributed by atoms with Crippen molar-refractivity contribution in [3.63, 3.8) is 0 Å². The van der Waals surface area contributed by atoms with Crippen molar-refractivity contribution in [3.05, 3.63) is 23.8 Å². The molecule has 0 saturated carbocycles. The van der Waals surface area contributed by atoms with Crippen molar-refractivity contribution >= 4 is 11.6 Å². The first-order valence-electron chi connectivity index (χ1n) is 5.71. The molecule has 1 aromatic rings. The van der Waals surface area contributed by atoms with E-state index in [4.69, 9.17) is 9.84 Å². The Morgan fingerprint density at radius 1 is 1.53 bits per heavy atom. The quantitative estimate of drug-likeness (QED) is 0.860. The fourth-order valence-electron chi connectivity index (χ4n) is 2.14. The SMILES string of the molecule is COc1ccc(C)c(N2CC(CO)CC2=O)c1. The Hall–Kier alpha value is -1.55. The van der Waals surface area contributed by atoms with Crippen molar-refractivity contribution in [1.82, 2.24) is 0 Å². The van der Waals surface area contributed by atoms with Gasteiger partial charge < -0.3 is 14.7 Å². The predicted molar refractivity (Wildman–Crippen MR) is 65.3 cm³/mol. The van der Waals surface area contributed by atoms with Crippen LogP contribution >= 0.6 is 0 Å². The summed E-state index contributed by atoms with van der Waals surface area (Å²) in [6, 6.07) is 5.68. The fraction of sp³-hybridized carbons (Fsp3) is 0.462. The second-order valence-corrected chi connectivity index (χ2v) is 4.41. The van der Waals surface area contributed by atoms with Gasteiger partial charge in [-0.2, -0.15) is 0 Å². The minimum Gasteiger partial charge on any atom is -0.497 e. The molecule has 92 valence electrons. The van der Waals surface area contributed by atoms with Gasteiger partial charge in [0.05, 0.1) is 12.8 Å². The maximum absolute atomic E-state index is 11.9. The van der Waals surface area contributed by atoms with Crippen LogP contribution in [0.1, 0.15) is 12.0 Å². The molecule has 1 aliphatic rings. The highest BCUT2D eigenvalue weighted by Gasteiger charge is 2.30. The normalized spacial score (nSPS) is 19.8. The highest BCUT2D eigenvalue weighted by atomic mass is 16.5. The lowest BCUT2D eigenvalue weighted by Crippen LogP contribution is -2.25. The number of carbonyl (C=O) groups excluding carboxylic acids is 1. The van der Waals surface area contributed by atoms with E-state index in [2.05, 4.69) is 0 Å². The van der Waals surface area contributed by atoms with Crippen LogP contribution in [0.3, 0.4) is 0 Å². The molecule has 0 bridgehead atoms. The number of hydrogen-bond acceptors (Lipinski definition) is 3. The van der Waals surface area contributed by atoms with Crippen LogP contribution in [0.5, 0.6) is 5.75 Å². The average molecular weight is 235 g/mol. The van der Waals surface area contributed by atoms with Crippen molar-refractivity contribution < 1.29 is 14.6 Å². The molecule has 1 heterocycles. The lowest BCUT2D eigenvalue weighted by Gasteiger charge is -2.19. The number of aryl methyl sites for hydroxylation is 1. The number of methoxy groups -OCH3 is 1. The van der Waals surface area contributed by atoms with Crippen LogP contribution in [0, 0.1) is 12.8 Å². The molecule has 1 atom stereocenters. The van der Waals surface area contributed by atoms with Gasteiger partial charge in [-0.05, 0) is 18.6 Å². The standard InChI is InChI=1S/C13H17NO3/c1-9-3-4-11(17-2)6-12(9)14-7-10(8-15)5-13(14)16/h3-4,6,10,15H,5,7-8H2,1-2H3. The van der Waals surface area contributed by atoms with Crippen LogP contribution < -0.4 is 9.64 Å². The van der Waals surface area contributed by atoms with Crippen LogP contribution in [0.15, 0.2) is 18.2 Å². The molecule has 0 radical (unpaired) electrons. The van der Waals surface area contributed by atoms with Crippen LogP contribution in [-0.4, -0.2) is 31.3 Å². The van der Waals surface area contributed by atoms with E-state index in [-0.39, 0.29) is 18.4 Å². The third-order valence-corrected chi connectivity index (χ3v) is 3.17. The number of benzene rings is 1. The first-order valence-corrected chi connectivity index (χ1v) is 5.71. The van der Waals surface area contributed by atoms with Gasteiger partial charge in [0.25, 0.3) is 0 Å². The van der Waals surface area contributed by atoms with Crippen LogP contribution in [0.2, 0.25) is 0 Å². The summed E-state index contributed by atoms with van der Waals surface area (Å²) >= 11 is 0. The Labute approximate surface area is 101 Å². The molecule has 1 aromatic carbocycles. The molecule has 1 saturated heterocycles. The van der Waals surface area contributed by atoms with Gasteiger partial charge in [-0.15, -0.1) is 0 Å². The molecule has 4 heteroatoms. The van der Waals surface area contributed by atoms with Crippen molar-refractivity contribution in [2.24, 2.45) is 5.92 Å². The summed E-state index contributed by atoms with van der Waals surface area (Å²) in [6.07, 6.45) is 0.424. The van der Waals surface area contributed by atoms with Crippen molar-refractivity contribution in [1.29, 1.82) is 0 Å². The van der Waals surface area contributed by atoms with Gasteiger partial charge in [-0.1, -0.05) is 6.07 Å². The van der Waals surface area contributed by atoms with E-state index >= 15 is 0 Å². The van der Waals surface area contributed by atoms with E-state index in [1.807, 2.05) is 25.1 Å². The Morgan fingerprint density at radius 3 is 2.88 bits per heavy atom. The van der Waals surface area contributed by atoms with E-state index in [0.717, 1.165) is 17.0 Å². The largest absolute Gasteiger partial charge is 0.497 e. The highest BCUT2D eigenvalue weighted by molar-refractivity contribution is 5.96. The second-order valence-electron chi connectivity index (χ2n) is 4.41. The minimum atomic E-state index is 0.0492. The van der Waals surface area contributed by atoms with Gasteiger partial charge in [0.15, 0.2) is 0 Å². The van der Waals surface area contributed by atoms with Gasteiger partial charge in [-0.3, -0.25) is 4.79 Å². The Kier molecular flexibility index (Phi) is 3.33. The molecular weight excluding hydrogens is 218 g/mol. The van der Waals surface area contributed by atoms with E-state index in [1.54, 1.807) is 12.0 Å². The summed E-state index contributed by atoms with van der Waals surface area (Å²) < 4.78 is 5.17. The summed E-state index contributed by atoms with van der Waals surface area (Å²) in [5, 5.41) is 9.11. The number of rotatable bonds is 3. The molecule has 2 rings (SSSR count). The van der Waals surface area contributed by atoms with Gasteiger partial charge in [0.1, 0.15) is 5.75 Å². The summed E-state index contributed by atoms with van der Waals surface area (Å²) in [7, 11) is 1.61. The minimum absolute atomic E-state index is 0.0492. The zero-order valence-corrected chi connectivity index (χ0v) is 10.1. The molecule has 1 fully saturated rings. The molecule has 0 aliphatic carbocycles. The van der Waals surface area contributed by atoms with Gasteiger partial charge in [-0.25, -0.2) is 0 Å². The Balaban J connectivity index is 2.30. The summed E-state index contributed by atoms with van der Waals surface area (Å²) in [6.45, 7) is 2.61. The van der Waals surface area contributed by atoms with Crippen LogP contribution in [0.4, 0.5) is 5.69 Å². The van der Waals surface area contributed by atoms with Crippen molar-refractivity contribution in [3.8, 4) is 5.75 Å². The molecule has 1 N–H and O–H groups in total. The first-order chi connectivity index (χ1) is 8.15. The number of amides is 1. The number of anilines is 1. The van der Waals surface area contributed by atoms with Gasteiger partial charge in [0.2, 0.25) is 5.91 Å². The number of ether oxygens (including phenoxy) is 1. The van der Waals surface area contributed by atoms with Crippen molar-refractivity contribution in [2.45, 2.75) is 13.3 Å². The van der Waals surface area contributed by atoms with E-state index in [0.29, 0.717) is 13.0 Å². The Bertz CT molecular complexity index is 431. The highest BCUT2D eigenvalue weighted by Crippen LogP contribution is 2.30. The Morgan fingerprint density at radius 2 is 2.29 bits per heavy atom. The summed E-state index contributed by atoms with van der Waals surface area (Å²) in [5.74, 6) is 0.861. The lowest BCUT2D eigenvalue weighted by atomic mass is 10.1. The van der Waals surface area contributed by atoms with Gasteiger partial charge >= 0.3 is 0 Å². The third-order valence-electron chi connectivity index (χ3n) is 3.17. The van der Waals surface area contributed by atoms with E-state index in [1.165, 1.54) is 0 Å². The third kappa shape index (κ3) is 2.26. The lowest BCUT2D eigenvalue weighted by molar-refractivity contribution is -0.117.